The summed E-state index contributed by atoms with van der Waals surface area (Å²) in [6, 6.07) is 0.327. The van der Waals surface area contributed by atoms with E-state index in [1.54, 1.807) is 0 Å². The largest absolute Gasteiger partial charge is 0.391 e. The van der Waals surface area contributed by atoms with Crippen LogP contribution in [0.4, 0.5) is 0 Å². The number of aromatic nitrogens is 1. The van der Waals surface area contributed by atoms with Crippen molar-refractivity contribution in [2.24, 2.45) is 11.8 Å². The lowest BCUT2D eigenvalue weighted by Gasteiger charge is -2.43. The highest BCUT2D eigenvalue weighted by Crippen LogP contribution is 2.38. The van der Waals surface area contributed by atoms with Crippen molar-refractivity contribution in [1.29, 1.82) is 0 Å². The van der Waals surface area contributed by atoms with Gasteiger partial charge in [-0.05, 0) is 44.9 Å². The zero-order chi connectivity index (χ0) is 17.4. The Morgan fingerprint density at radius 2 is 1.84 bits per heavy atom. The Labute approximate surface area is 150 Å². The number of aryl methyl sites for hydroxylation is 2. The standard InChI is InChI=1S/C19H31N3O3/c1-13-17(14(2)25-20-13)3-4-21-11-15-9-18(19(23)10-16(15)12-21)22-5-7-24-8-6-22/h15-16,18-19,23H,3-12H2,1-2H3/t15-,16+,18-,19-/m1/s1. The molecule has 6 heteroatoms. The Hall–Kier alpha value is -0.950. The van der Waals surface area contributed by atoms with Gasteiger partial charge in [0.05, 0.1) is 25.0 Å². The first-order valence-electron chi connectivity index (χ1n) is 9.75. The van der Waals surface area contributed by atoms with Crippen LogP contribution >= 0.6 is 0 Å². The van der Waals surface area contributed by atoms with Gasteiger partial charge in [-0.1, -0.05) is 5.16 Å². The summed E-state index contributed by atoms with van der Waals surface area (Å²) in [7, 11) is 0. The minimum atomic E-state index is -0.179. The van der Waals surface area contributed by atoms with Crippen LogP contribution in [0.2, 0.25) is 0 Å². The van der Waals surface area contributed by atoms with Gasteiger partial charge in [0.2, 0.25) is 0 Å². The van der Waals surface area contributed by atoms with Crippen LogP contribution in [0.5, 0.6) is 0 Å². The normalized spacial score (nSPS) is 34.4. The topological polar surface area (TPSA) is 62.0 Å². The molecule has 0 unspecified atom stereocenters. The summed E-state index contributed by atoms with van der Waals surface area (Å²) in [5.74, 6) is 2.33. The van der Waals surface area contributed by atoms with Gasteiger partial charge in [0.1, 0.15) is 5.76 Å². The highest BCUT2D eigenvalue weighted by Gasteiger charge is 2.43. The molecule has 1 aromatic heterocycles. The molecule has 3 heterocycles. The third kappa shape index (κ3) is 3.63. The van der Waals surface area contributed by atoms with E-state index in [1.165, 1.54) is 12.1 Å². The van der Waals surface area contributed by atoms with E-state index in [2.05, 4.69) is 15.0 Å². The third-order valence-corrected chi connectivity index (χ3v) is 6.56. The molecule has 1 saturated carbocycles. The van der Waals surface area contributed by atoms with Crippen molar-refractivity contribution in [3.8, 4) is 0 Å². The quantitative estimate of drug-likeness (QED) is 0.882. The average Bonchev–Trinajstić information content (AvgIpc) is 3.15. The maximum atomic E-state index is 10.7. The Balaban J connectivity index is 1.33. The van der Waals surface area contributed by atoms with E-state index in [0.717, 1.165) is 76.0 Å². The molecule has 0 bridgehead atoms. The monoisotopic (exact) mass is 349 g/mol. The van der Waals surface area contributed by atoms with E-state index in [9.17, 15) is 5.11 Å². The average molecular weight is 349 g/mol. The van der Waals surface area contributed by atoms with Crippen LogP contribution in [0.15, 0.2) is 4.52 Å². The number of likely N-dealkylation sites (tertiary alicyclic amines) is 1. The number of hydrogen-bond donors (Lipinski definition) is 1. The van der Waals surface area contributed by atoms with Crippen LogP contribution in [0.3, 0.4) is 0 Å². The predicted molar refractivity (Wildman–Crippen MR) is 94.5 cm³/mol. The molecule has 6 nitrogen and oxygen atoms in total. The lowest BCUT2D eigenvalue weighted by Crippen LogP contribution is -2.53. The van der Waals surface area contributed by atoms with Gasteiger partial charge < -0.3 is 19.3 Å². The van der Waals surface area contributed by atoms with Gasteiger partial charge in [-0.3, -0.25) is 4.90 Å². The molecule has 2 saturated heterocycles. The Morgan fingerprint density at radius 3 is 2.52 bits per heavy atom. The summed E-state index contributed by atoms with van der Waals surface area (Å²) < 4.78 is 10.8. The van der Waals surface area contributed by atoms with E-state index in [4.69, 9.17) is 9.26 Å². The minimum absolute atomic E-state index is 0.179. The molecule has 1 N–H and O–H groups in total. The number of fused-ring (bicyclic) bond motifs is 1. The van der Waals surface area contributed by atoms with E-state index < -0.39 is 0 Å². The molecule has 2 aliphatic heterocycles. The number of hydrogen-bond acceptors (Lipinski definition) is 6. The van der Waals surface area contributed by atoms with Gasteiger partial charge in [0, 0.05) is 44.3 Å². The molecule has 4 rings (SSSR count). The summed E-state index contributed by atoms with van der Waals surface area (Å²) in [5.41, 5.74) is 2.29. The van der Waals surface area contributed by atoms with Gasteiger partial charge >= 0.3 is 0 Å². The zero-order valence-electron chi connectivity index (χ0n) is 15.5. The maximum Gasteiger partial charge on any atom is 0.137 e. The first-order chi connectivity index (χ1) is 12.1. The molecule has 1 aromatic rings. The van der Waals surface area contributed by atoms with E-state index in [1.807, 2.05) is 13.8 Å². The first-order valence-corrected chi connectivity index (χ1v) is 9.75. The molecule has 0 aromatic carbocycles. The second-order valence-corrected chi connectivity index (χ2v) is 8.09. The van der Waals surface area contributed by atoms with E-state index in [0.29, 0.717) is 12.0 Å². The molecule has 25 heavy (non-hydrogen) atoms. The number of nitrogens with zero attached hydrogens (tertiary/aromatic N) is 3. The van der Waals surface area contributed by atoms with Crippen LogP contribution in [-0.4, -0.2) is 78.1 Å². The minimum Gasteiger partial charge on any atom is -0.391 e. The molecule has 140 valence electrons. The molecule has 3 aliphatic rings. The number of rotatable bonds is 4. The number of ether oxygens (including phenoxy) is 1. The number of aliphatic hydroxyl groups excluding tert-OH is 1. The van der Waals surface area contributed by atoms with Crippen molar-refractivity contribution in [1.82, 2.24) is 15.0 Å². The predicted octanol–water partition coefficient (Wildman–Crippen LogP) is 1.24. The van der Waals surface area contributed by atoms with Gasteiger partial charge in [-0.15, -0.1) is 0 Å². The van der Waals surface area contributed by atoms with Crippen molar-refractivity contribution in [2.45, 2.75) is 45.3 Å². The van der Waals surface area contributed by atoms with Crippen molar-refractivity contribution in [3.63, 3.8) is 0 Å². The number of morpholine rings is 1. The van der Waals surface area contributed by atoms with Crippen LogP contribution in [0.1, 0.15) is 29.9 Å². The van der Waals surface area contributed by atoms with E-state index >= 15 is 0 Å². The van der Waals surface area contributed by atoms with Crippen LogP contribution in [-0.2, 0) is 11.2 Å². The summed E-state index contributed by atoms with van der Waals surface area (Å²) in [5, 5.41) is 14.7. The van der Waals surface area contributed by atoms with Gasteiger partial charge in [0.15, 0.2) is 0 Å². The Morgan fingerprint density at radius 1 is 1.12 bits per heavy atom. The summed E-state index contributed by atoms with van der Waals surface area (Å²) in [4.78, 5) is 5.03. The molecular formula is C19H31N3O3. The molecule has 0 radical (unpaired) electrons. The smallest absolute Gasteiger partial charge is 0.137 e. The zero-order valence-corrected chi connectivity index (χ0v) is 15.5. The molecule has 3 fully saturated rings. The summed E-state index contributed by atoms with van der Waals surface area (Å²) in [6.45, 7) is 10.9. The molecule has 1 aliphatic carbocycles. The molecule has 0 spiro atoms. The van der Waals surface area contributed by atoms with Crippen LogP contribution in [0.25, 0.3) is 0 Å². The van der Waals surface area contributed by atoms with Crippen molar-refractivity contribution < 1.29 is 14.4 Å². The second kappa shape index (κ2) is 7.35. The highest BCUT2D eigenvalue weighted by molar-refractivity contribution is 5.21. The summed E-state index contributed by atoms with van der Waals surface area (Å²) in [6.07, 6.45) is 2.92. The van der Waals surface area contributed by atoms with Crippen LogP contribution in [0, 0.1) is 25.7 Å². The maximum absolute atomic E-state index is 10.7. The SMILES string of the molecule is Cc1noc(C)c1CCN1C[C@H]2C[C@@H](N3CCOCC3)[C@H](O)C[C@H]2C1. The van der Waals surface area contributed by atoms with Gasteiger partial charge in [-0.25, -0.2) is 0 Å². The van der Waals surface area contributed by atoms with Crippen molar-refractivity contribution >= 4 is 0 Å². The lowest BCUT2D eigenvalue weighted by atomic mass is 9.77. The van der Waals surface area contributed by atoms with E-state index in [-0.39, 0.29) is 6.10 Å². The number of aliphatic hydroxyl groups is 1. The second-order valence-electron chi connectivity index (χ2n) is 8.09. The fourth-order valence-electron chi connectivity index (χ4n) is 5.12. The van der Waals surface area contributed by atoms with Crippen molar-refractivity contribution in [3.05, 3.63) is 17.0 Å². The molecule has 4 atom stereocenters. The van der Waals surface area contributed by atoms with Crippen LogP contribution < -0.4 is 0 Å². The Bertz CT molecular complexity index is 565. The highest BCUT2D eigenvalue weighted by atomic mass is 16.5. The third-order valence-electron chi connectivity index (χ3n) is 6.56. The Kier molecular flexibility index (Phi) is 5.13. The fourth-order valence-corrected chi connectivity index (χ4v) is 5.12. The first kappa shape index (κ1) is 17.5. The molecule has 0 amide bonds. The van der Waals surface area contributed by atoms with Crippen molar-refractivity contribution in [2.75, 3.05) is 45.9 Å². The molecular weight excluding hydrogens is 318 g/mol. The summed E-state index contributed by atoms with van der Waals surface area (Å²) >= 11 is 0. The van der Waals surface area contributed by atoms with Gasteiger partial charge in [-0.2, -0.15) is 0 Å². The van der Waals surface area contributed by atoms with Gasteiger partial charge in [0.25, 0.3) is 0 Å². The lowest BCUT2D eigenvalue weighted by molar-refractivity contribution is -0.0520. The fraction of sp³-hybridized carbons (Fsp3) is 0.842.